The van der Waals surface area contributed by atoms with Crippen LogP contribution in [0.5, 0.6) is 5.75 Å². The maximum absolute atomic E-state index is 10.6. The summed E-state index contributed by atoms with van der Waals surface area (Å²) in [5.74, 6) is 2.29. The van der Waals surface area contributed by atoms with Crippen molar-refractivity contribution < 1.29 is 9.53 Å². The second-order valence-electron chi connectivity index (χ2n) is 4.32. The van der Waals surface area contributed by atoms with E-state index in [-0.39, 0.29) is 0 Å². The third kappa shape index (κ3) is 2.38. The number of hydrogen-bond donors (Lipinski definition) is 0. The lowest BCUT2D eigenvalue weighted by Crippen LogP contribution is -2.28. The van der Waals surface area contributed by atoms with E-state index in [2.05, 4.69) is 6.92 Å². The van der Waals surface area contributed by atoms with E-state index >= 15 is 0 Å². The van der Waals surface area contributed by atoms with Gasteiger partial charge in [-0.05, 0) is 36.8 Å². The Morgan fingerprint density at radius 2 is 2.33 bits per heavy atom. The molecule has 0 amide bonds. The summed E-state index contributed by atoms with van der Waals surface area (Å²) in [4.78, 5) is 10.6. The molecule has 0 aromatic heterocycles. The van der Waals surface area contributed by atoms with Crippen molar-refractivity contribution in [2.45, 2.75) is 19.8 Å². The molecule has 2 atom stereocenters. The summed E-state index contributed by atoms with van der Waals surface area (Å²) in [7, 11) is 0. The molecular formula is C13H16O2. The van der Waals surface area contributed by atoms with E-state index < -0.39 is 0 Å². The number of ether oxygens (including phenoxy) is 1. The Morgan fingerprint density at radius 3 is 2.93 bits per heavy atom. The summed E-state index contributed by atoms with van der Waals surface area (Å²) in [6.07, 6.45) is 3.44. The first kappa shape index (κ1) is 10.2. The van der Waals surface area contributed by atoms with Crippen LogP contribution < -0.4 is 4.74 Å². The summed E-state index contributed by atoms with van der Waals surface area (Å²) in [6.45, 7) is 3.04. The third-order valence-corrected chi connectivity index (χ3v) is 3.26. The van der Waals surface area contributed by atoms with Crippen molar-refractivity contribution in [1.82, 2.24) is 0 Å². The van der Waals surface area contributed by atoms with Crippen LogP contribution in [-0.2, 0) is 0 Å². The van der Waals surface area contributed by atoms with E-state index in [0.29, 0.717) is 11.5 Å². The molecule has 1 aromatic carbocycles. The topological polar surface area (TPSA) is 26.3 Å². The summed E-state index contributed by atoms with van der Waals surface area (Å²) in [6, 6.07) is 7.32. The Morgan fingerprint density at radius 1 is 1.47 bits per heavy atom. The molecule has 2 heteroatoms. The Kier molecular flexibility index (Phi) is 3.05. The number of carbonyl (C=O) groups is 1. The van der Waals surface area contributed by atoms with Gasteiger partial charge < -0.3 is 4.74 Å². The highest BCUT2D eigenvalue weighted by atomic mass is 16.5. The van der Waals surface area contributed by atoms with E-state index in [1.807, 2.05) is 12.1 Å². The minimum atomic E-state index is 0.675. The zero-order chi connectivity index (χ0) is 10.7. The van der Waals surface area contributed by atoms with Gasteiger partial charge in [0.2, 0.25) is 0 Å². The highest BCUT2D eigenvalue weighted by Crippen LogP contribution is 2.33. The van der Waals surface area contributed by atoms with Gasteiger partial charge in [-0.1, -0.05) is 19.1 Å². The number of rotatable bonds is 4. The summed E-state index contributed by atoms with van der Waals surface area (Å²) in [5.41, 5.74) is 0.675. The first-order chi connectivity index (χ1) is 7.29. The van der Waals surface area contributed by atoms with E-state index in [1.54, 1.807) is 12.1 Å². The van der Waals surface area contributed by atoms with Gasteiger partial charge in [0.15, 0.2) is 0 Å². The molecule has 1 aliphatic carbocycles. The molecule has 2 nitrogen and oxygen atoms in total. The van der Waals surface area contributed by atoms with Crippen LogP contribution in [0.1, 0.15) is 30.1 Å². The lowest BCUT2D eigenvalue weighted by molar-refractivity contribution is 0.111. The van der Waals surface area contributed by atoms with Crippen molar-refractivity contribution in [2.75, 3.05) is 6.61 Å². The zero-order valence-electron chi connectivity index (χ0n) is 8.98. The van der Waals surface area contributed by atoms with Crippen molar-refractivity contribution in [3.63, 3.8) is 0 Å². The maximum atomic E-state index is 10.6. The van der Waals surface area contributed by atoms with Crippen LogP contribution in [-0.4, -0.2) is 12.9 Å². The van der Waals surface area contributed by atoms with Gasteiger partial charge in [0.1, 0.15) is 12.0 Å². The van der Waals surface area contributed by atoms with Gasteiger partial charge in [0.25, 0.3) is 0 Å². The molecule has 0 bridgehead atoms. The van der Waals surface area contributed by atoms with Crippen LogP contribution in [0.4, 0.5) is 0 Å². The fourth-order valence-electron chi connectivity index (χ4n) is 1.86. The SMILES string of the molecule is C[C@H]1CC[C@@H]1COc1cccc(C=O)c1. The summed E-state index contributed by atoms with van der Waals surface area (Å²) in [5, 5.41) is 0. The smallest absolute Gasteiger partial charge is 0.150 e. The molecule has 1 aliphatic rings. The average Bonchev–Trinajstić information content (AvgIpc) is 2.27. The molecule has 0 radical (unpaired) electrons. The summed E-state index contributed by atoms with van der Waals surface area (Å²) < 4.78 is 5.66. The van der Waals surface area contributed by atoms with Crippen LogP contribution in [0.3, 0.4) is 0 Å². The van der Waals surface area contributed by atoms with Gasteiger partial charge in [0, 0.05) is 5.56 Å². The van der Waals surface area contributed by atoms with E-state index in [9.17, 15) is 4.79 Å². The largest absolute Gasteiger partial charge is 0.493 e. The normalized spacial score (nSPS) is 24.3. The van der Waals surface area contributed by atoms with Gasteiger partial charge in [-0.3, -0.25) is 4.79 Å². The first-order valence-corrected chi connectivity index (χ1v) is 5.47. The van der Waals surface area contributed by atoms with E-state index in [0.717, 1.165) is 24.6 Å². The maximum Gasteiger partial charge on any atom is 0.150 e. The molecule has 1 aromatic rings. The third-order valence-electron chi connectivity index (χ3n) is 3.26. The molecule has 0 unspecified atom stereocenters. The van der Waals surface area contributed by atoms with Crippen molar-refractivity contribution >= 4 is 6.29 Å². The number of carbonyl (C=O) groups excluding carboxylic acids is 1. The van der Waals surface area contributed by atoms with Crippen molar-refractivity contribution in [3.05, 3.63) is 29.8 Å². The van der Waals surface area contributed by atoms with Crippen LogP contribution in [0.15, 0.2) is 24.3 Å². The Hall–Kier alpha value is -1.31. The molecule has 0 N–H and O–H groups in total. The number of hydrogen-bond acceptors (Lipinski definition) is 2. The second-order valence-corrected chi connectivity index (χ2v) is 4.32. The molecule has 15 heavy (non-hydrogen) atoms. The quantitative estimate of drug-likeness (QED) is 0.705. The number of aldehydes is 1. The zero-order valence-corrected chi connectivity index (χ0v) is 8.98. The van der Waals surface area contributed by atoms with Gasteiger partial charge in [-0.2, -0.15) is 0 Å². The predicted molar refractivity (Wildman–Crippen MR) is 59.2 cm³/mol. The second kappa shape index (κ2) is 4.47. The lowest BCUT2D eigenvalue weighted by atomic mass is 9.75. The van der Waals surface area contributed by atoms with Crippen LogP contribution in [0.2, 0.25) is 0 Å². The van der Waals surface area contributed by atoms with Gasteiger partial charge in [-0.25, -0.2) is 0 Å². The predicted octanol–water partition coefficient (Wildman–Crippen LogP) is 2.92. The van der Waals surface area contributed by atoms with Crippen LogP contribution in [0, 0.1) is 11.8 Å². The molecule has 0 saturated heterocycles. The average molecular weight is 204 g/mol. The Labute approximate surface area is 90.3 Å². The van der Waals surface area contributed by atoms with E-state index in [4.69, 9.17) is 4.74 Å². The molecule has 1 saturated carbocycles. The highest BCUT2D eigenvalue weighted by molar-refractivity contribution is 5.75. The molecule has 1 fully saturated rings. The van der Waals surface area contributed by atoms with Crippen molar-refractivity contribution in [1.29, 1.82) is 0 Å². The minimum Gasteiger partial charge on any atom is -0.493 e. The van der Waals surface area contributed by atoms with Gasteiger partial charge in [-0.15, -0.1) is 0 Å². The number of benzene rings is 1. The molecular weight excluding hydrogens is 188 g/mol. The van der Waals surface area contributed by atoms with E-state index in [1.165, 1.54) is 12.8 Å². The van der Waals surface area contributed by atoms with Crippen LogP contribution in [0.25, 0.3) is 0 Å². The first-order valence-electron chi connectivity index (χ1n) is 5.47. The standard InChI is InChI=1S/C13H16O2/c1-10-5-6-12(10)9-15-13-4-2-3-11(7-13)8-14/h2-4,7-8,10,12H,5-6,9H2,1H3/t10-,12+/m0/s1. The van der Waals surface area contributed by atoms with Crippen molar-refractivity contribution in [2.24, 2.45) is 11.8 Å². The molecule has 0 spiro atoms. The highest BCUT2D eigenvalue weighted by Gasteiger charge is 2.26. The minimum absolute atomic E-state index is 0.675. The van der Waals surface area contributed by atoms with Crippen molar-refractivity contribution in [3.8, 4) is 5.75 Å². The molecule has 0 aliphatic heterocycles. The van der Waals surface area contributed by atoms with Crippen LogP contribution >= 0.6 is 0 Å². The summed E-state index contributed by atoms with van der Waals surface area (Å²) >= 11 is 0. The van der Waals surface area contributed by atoms with Gasteiger partial charge in [0.05, 0.1) is 6.61 Å². The molecule has 80 valence electrons. The van der Waals surface area contributed by atoms with Gasteiger partial charge >= 0.3 is 0 Å². The fraction of sp³-hybridized carbons (Fsp3) is 0.462. The Balaban J connectivity index is 1.89. The fourth-order valence-corrected chi connectivity index (χ4v) is 1.86. The monoisotopic (exact) mass is 204 g/mol. The molecule has 0 heterocycles. The lowest BCUT2D eigenvalue weighted by Gasteiger charge is -2.33. The molecule has 2 rings (SSSR count). The Bertz CT molecular complexity index is 346.